The first-order chi connectivity index (χ1) is 9.36. The molecule has 0 amide bonds. The molecule has 1 atom stereocenters. The second-order valence-electron chi connectivity index (χ2n) is 5.13. The van der Waals surface area contributed by atoms with Crippen LogP contribution in [0.2, 0.25) is 0 Å². The van der Waals surface area contributed by atoms with Gasteiger partial charge in [0.05, 0.1) is 12.7 Å². The maximum Gasteiger partial charge on any atom is 0.0757 e. The maximum atomic E-state index is 5.89. The lowest BCUT2D eigenvalue weighted by atomic mass is 10.1. The standard InChI is InChI=1S/C18H28O/c1-3-5-6-7-8-12-15-18(4-2)19-16-17-13-10-9-11-14-17/h4,9-11,13-14,18H,2-3,5-8,12,15-16H2,1H3. The van der Waals surface area contributed by atoms with Gasteiger partial charge in [-0.05, 0) is 12.0 Å². The van der Waals surface area contributed by atoms with Crippen LogP contribution in [0.5, 0.6) is 0 Å². The smallest absolute Gasteiger partial charge is 0.0757 e. The van der Waals surface area contributed by atoms with Crippen molar-refractivity contribution < 1.29 is 4.74 Å². The van der Waals surface area contributed by atoms with E-state index in [1.54, 1.807) is 0 Å². The van der Waals surface area contributed by atoms with Crippen molar-refractivity contribution in [3.8, 4) is 0 Å². The number of unbranched alkanes of at least 4 members (excludes halogenated alkanes) is 5. The molecule has 1 unspecified atom stereocenters. The molecule has 1 aromatic carbocycles. The Kier molecular flexibility index (Phi) is 9.09. The Morgan fingerprint density at radius 3 is 2.42 bits per heavy atom. The Balaban J connectivity index is 2.10. The first-order valence-electron chi connectivity index (χ1n) is 7.65. The Labute approximate surface area is 118 Å². The van der Waals surface area contributed by atoms with E-state index in [1.165, 1.54) is 44.1 Å². The SMILES string of the molecule is C=CC(CCCCCCCC)OCc1ccccc1. The molecule has 1 aromatic rings. The summed E-state index contributed by atoms with van der Waals surface area (Å²) in [5.74, 6) is 0. The third-order valence-corrected chi connectivity index (χ3v) is 3.41. The number of benzene rings is 1. The molecule has 0 radical (unpaired) electrons. The quantitative estimate of drug-likeness (QED) is 0.376. The van der Waals surface area contributed by atoms with E-state index in [1.807, 2.05) is 12.1 Å². The van der Waals surface area contributed by atoms with Gasteiger partial charge in [-0.25, -0.2) is 0 Å². The van der Waals surface area contributed by atoms with Crippen LogP contribution in [-0.2, 0) is 11.3 Å². The predicted molar refractivity (Wildman–Crippen MR) is 83.2 cm³/mol. The molecule has 0 bridgehead atoms. The Bertz CT molecular complexity index is 318. The Morgan fingerprint density at radius 1 is 1.05 bits per heavy atom. The zero-order valence-electron chi connectivity index (χ0n) is 12.3. The molecule has 106 valence electrons. The van der Waals surface area contributed by atoms with Gasteiger partial charge in [0.15, 0.2) is 0 Å². The molecule has 19 heavy (non-hydrogen) atoms. The van der Waals surface area contributed by atoms with E-state index in [4.69, 9.17) is 4.74 Å². The van der Waals surface area contributed by atoms with Crippen molar-refractivity contribution in [3.05, 3.63) is 48.6 Å². The molecule has 0 N–H and O–H groups in total. The van der Waals surface area contributed by atoms with Crippen LogP contribution in [0.15, 0.2) is 43.0 Å². The molecule has 1 heteroatoms. The summed E-state index contributed by atoms with van der Waals surface area (Å²) in [4.78, 5) is 0. The topological polar surface area (TPSA) is 9.23 Å². The van der Waals surface area contributed by atoms with Crippen molar-refractivity contribution in [2.45, 2.75) is 64.6 Å². The van der Waals surface area contributed by atoms with E-state index in [-0.39, 0.29) is 6.10 Å². The minimum atomic E-state index is 0.200. The van der Waals surface area contributed by atoms with Gasteiger partial charge in [-0.1, -0.05) is 81.9 Å². The third-order valence-electron chi connectivity index (χ3n) is 3.41. The fourth-order valence-corrected chi connectivity index (χ4v) is 2.17. The predicted octanol–water partition coefficient (Wildman–Crippen LogP) is 5.51. The van der Waals surface area contributed by atoms with E-state index < -0.39 is 0 Å². The highest BCUT2D eigenvalue weighted by Crippen LogP contribution is 2.12. The second kappa shape index (κ2) is 10.8. The van der Waals surface area contributed by atoms with Crippen LogP contribution in [0.4, 0.5) is 0 Å². The number of hydrogen-bond acceptors (Lipinski definition) is 1. The molecule has 0 aliphatic heterocycles. The van der Waals surface area contributed by atoms with Crippen LogP contribution in [-0.4, -0.2) is 6.10 Å². The molecule has 0 aliphatic rings. The van der Waals surface area contributed by atoms with E-state index in [2.05, 4.69) is 37.8 Å². The van der Waals surface area contributed by atoms with Crippen LogP contribution in [0, 0.1) is 0 Å². The molecule has 1 rings (SSSR count). The zero-order chi connectivity index (χ0) is 13.8. The molecule has 0 saturated carbocycles. The summed E-state index contributed by atoms with van der Waals surface area (Å²) >= 11 is 0. The summed E-state index contributed by atoms with van der Waals surface area (Å²) in [7, 11) is 0. The summed E-state index contributed by atoms with van der Waals surface area (Å²) in [5, 5.41) is 0. The maximum absolute atomic E-state index is 5.89. The number of ether oxygens (including phenoxy) is 1. The van der Waals surface area contributed by atoms with Gasteiger partial charge in [0, 0.05) is 0 Å². The Hall–Kier alpha value is -1.08. The van der Waals surface area contributed by atoms with E-state index >= 15 is 0 Å². The Morgan fingerprint density at radius 2 is 1.74 bits per heavy atom. The lowest BCUT2D eigenvalue weighted by Crippen LogP contribution is -2.09. The minimum absolute atomic E-state index is 0.200. The summed E-state index contributed by atoms with van der Waals surface area (Å²) in [5.41, 5.74) is 1.23. The molecular weight excluding hydrogens is 232 g/mol. The van der Waals surface area contributed by atoms with E-state index in [9.17, 15) is 0 Å². The average Bonchev–Trinajstić information content (AvgIpc) is 2.47. The monoisotopic (exact) mass is 260 g/mol. The summed E-state index contributed by atoms with van der Waals surface area (Å²) in [6.45, 7) is 6.82. The van der Waals surface area contributed by atoms with Gasteiger partial charge in [0.25, 0.3) is 0 Å². The molecular formula is C18H28O. The van der Waals surface area contributed by atoms with Gasteiger partial charge >= 0.3 is 0 Å². The van der Waals surface area contributed by atoms with Gasteiger partial charge in [-0.3, -0.25) is 0 Å². The normalized spacial score (nSPS) is 12.3. The molecule has 0 saturated heterocycles. The molecule has 1 nitrogen and oxygen atoms in total. The van der Waals surface area contributed by atoms with Gasteiger partial charge in [0.2, 0.25) is 0 Å². The van der Waals surface area contributed by atoms with Crippen LogP contribution < -0.4 is 0 Å². The molecule has 0 spiro atoms. The van der Waals surface area contributed by atoms with Crippen LogP contribution in [0.1, 0.15) is 57.4 Å². The second-order valence-corrected chi connectivity index (χ2v) is 5.13. The van der Waals surface area contributed by atoms with Gasteiger partial charge in [0.1, 0.15) is 0 Å². The van der Waals surface area contributed by atoms with E-state index in [0.29, 0.717) is 6.61 Å². The highest BCUT2D eigenvalue weighted by Gasteiger charge is 2.04. The summed E-state index contributed by atoms with van der Waals surface area (Å²) < 4.78 is 5.89. The first-order valence-corrected chi connectivity index (χ1v) is 7.65. The van der Waals surface area contributed by atoms with E-state index in [0.717, 1.165) is 6.42 Å². The van der Waals surface area contributed by atoms with Gasteiger partial charge < -0.3 is 4.74 Å². The van der Waals surface area contributed by atoms with Crippen molar-refractivity contribution in [2.75, 3.05) is 0 Å². The summed E-state index contributed by atoms with van der Waals surface area (Å²) in [6, 6.07) is 10.3. The third kappa shape index (κ3) is 7.84. The fraction of sp³-hybridized carbons (Fsp3) is 0.556. The highest BCUT2D eigenvalue weighted by molar-refractivity contribution is 5.13. The van der Waals surface area contributed by atoms with Crippen LogP contribution in [0.3, 0.4) is 0 Å². The number of rotatable bonds is 11. The zero-order valence-corrected chi connectivity index (χ0v) is 12.3. The van der Waals surface area contributed by atoms with Gasteiger partial charge in [-0.2, -0.15) is 0 Å². The lowest BCUT2D eigenvalue weighted by Gasteiger charge is -2.14. The summed E-state index contributed by atoms with van der Waals surface area (Å²) in [6.07, 6.45) is 11.2. The molecule has 0 aliphatic carbocycles. The lowest BCUT2D eigenvalue weighted by molar-refractivity contribution is 0.0649. The van der Waals surface area contributed by atoms with Crippen molar-refractivity contribution in [2.24, 2.45) is 0 Å². The highest BCUT2D eigenvalue weighted by atomic mass is 16.5. The van der Waals surface area contributed by atoms with Crippen molar-refractivity contribution in [1.82, 2.24) is 0 Å². The van der Waals surface area contributed by atoms with Crippen molar-refractivity contribution in [1.29, 1.82) is 0 Å². The van der Waals surface area contributed by atoms with Crippen molar-refractivity contribution >= 4 is 0 Å². The largest absolute Gasteiger partial charge is 0.369 e. The molecule has 0 heterocycles. The molecule has 0 aromatic heterocycles. The fourth-order valence-electron chi connectivity index (χ4n) is 2.17. The first kappa shape index (κ1) is 16.0. The molecule has 0 fully saturated rings. The van der Waals surface area contributed by atoms with Crippen LogP contribution >= 0.6 is 0 Å². The number of hydrogen-bond donors (Lipinski definition) is 0. The van der Waals surface area contributed by atoms with Crippen molar-refractivity contribution in [3.63, 3.8) is 0 Å². The van der Waals surface area contributed by atoms with Crippen LogP contribution in [0.25, 0.3) is 0 Å². The average molecular weight is 260 g/mol. The van der Waals surface area contributed by atoms with Gasteiger partial charge in [-0.15, -0.1) is 6.58 Å². The minimum Gasteiger partial charge on any atom is -0.369 e.